The van der Waals surface area contributed by atoms with Gasteiger partial charge in [0.1, 0.15) is 11.5 Å². The van der Waals surface area contributed by atoms with Crippen LogP contribution in [0.2, 0.25) is 0 Å². The maximum atomic E-state index is 13.3. The quantitative estimate of drug-likeness (QED) is 0.713. The van der Waals surface area contributed by atoms with Crippen LogP contribution < -0.4 is 9.47 Å². The molecule has 0 amide bonds. The summed E-state index contributed by atoms with van der Waals surface area (Å²) in [5.74, 6) is -2.95. The first-order valence-electron chi connectivity index (χ1n) is 8.09. The highest BCUT2D eigenvalue weighted by Crippen LogP contribution is 2.42. The molecule has 2 aromatic carbocycles. The Morgan fingerprint density at radius 1 is 1.07 bits per heavy atom. The Bertz CT molecular complexity index is 948. The molecule has 4 nitrogen and oxygen atoms in total. The fraction of sp³-hybridized carbons (Fsp3) is 0.211. The molecule has 154 valence electrons. The van der Waals surface area contributed by atoms with E-state index in [4.69, 9.17) is 9.84 Å². The average Bonchev–Trinajstić information content (AvgIpc) is 2.59. The Hall–Kier alpha value is -3.17. The van der Waals surface area contributed by atoms with Gasteiger partial charge in [-0.05, 0) is 23.8 Å². The number of halogens is 6. The van der Waals surface area contributed by atoms with Crippen LogP contribution in [0.25, 0.3) is 6.08 Å². The number of rotatable bonds is 4. The molecular weight excluding hydrogens is 406 g/mol. The van der Waals surface area contributed by atoms with Gasteiger partial charge in [-0.1, -0.05) is 30.3 Å². The number of hydrogen-bond acceptors (Lipinski definition) is 3. The van der Waals surface area contributed by atoms with Gasteiger partial charge in [-0.3, -0.25) is 0 Å². The lowest BCUT2D eigenvalue weighted by Gasteiger charge is -2.29. The normalized spacial score (nSPS) is 16.5. The Kier molecular flexibility index (Phi) is 5.20. The van der Waals surface area contributed by atoms with Crippen molar-refractivity contribution >= 4 is 12.0 Å². The lowest BCUT2D eigenvalue weighted by molar-refractivity contribution is -0.274. The molecule has 0 bridgehead atoms. The smallest absolute Gasteiger partial charge is 0.478 e. The number of carboxylic acids is 1. The van der Waals surface area contributed by atoms with Crippen molar-refractivity contribution in [3.05, 3.63) is 64.7 Å². The van der Waals surface area contributed by atoms with E-state index < -0.39 is 35.9 Å². The zero-order valence-electron chi connectivity index (χ0n) is 14.3. The fourth-order valence-electron chi connectivity index (χ4n) is 2.92. The van der Waals surface area contributed by atoms with Crippen LogP contribution in [0.1, 0.15) is 16.7 Å². The molecule has 0 aliphatic carbocycles. The molecule has 1 heterocycles. The highest BCUT2D eigenvalue weighted by atomic mass is 19.4. The summed E-state index contributed by atoms with van der Waals surface area (Å²) in [5.41, 5.74) is -0.808. The van der Waals surface area contributed by atoms with E-state index in [2.05, 4.69) is 4.74 Å². The second kappa shape index (κ2) is 7.34. The van der Waals surface area contributed by atoms with E-state index in [0.717, 1.165) is 12.1 Å². The largest absolute Gasteiger partial charge is 0.573 e. The van der Waals surface area contributed by atoms with Crippen LogP contribution in [0, 0.1) is 0 Å². The van der Waals surface area contributed by atoms with E-state index in [1.54, 1.807) is 30.3 Å². The maximum absolute atomic E-state index is 13.3. The first kappa shape index (κ1) is 20.6. The third kappa shape index (κ3) is 4.82. The van der Waals surface area contributed by atoms with Gasteiger partial charge in [0.25, 0.3) is 0 Å². The molecule has 1 atom stereocenters. The van der Waals surface area contributed by atoms with Crippen molar-refractivity contribution in [2.75, 3.05) is 0 Å². The van der Waals surface area contributed by atoms with E-state index in [9.17, 15) is 31.1 Å². The molecule has 3 rings (SSSR count). The second-order valence-electron chi connectivity index (χ2n) is 6.16. The lowest BCUT2D eigenvalue weighted by Crippen LogP contribution is -2.40. The molecule has 1 aliphatic rings. The highest BCUT2D eigenvalue weighted by Gasteiger charge is 2.49. The Labute approximate surface area is 160 Å². The van der Waals surface area contributed by atoms with Crippen molar-refractivity contribution in [2.24, 2.45) is 0 Å². The Morgan fingerprint density at radius 3 is 2.28 bits per heavy atom. The minimum Gasteiger partial charge on any atom is -0.478 e. The van der Waals surface area contributed by atoms with Crippen LogP contribution >= 0.6 is 0 Å². The van der Waals surface area contributed by atoms with Gasteiger partial charge in [-0.15, -0.1) is 13.2 Å². The maximum Gasteiger partial charge on any atom is 0.573 e. The van der Waals surface area contributed by atoms with Crippen molar-refractivity contribution in [3.63, 3.8) is 0 Å². The van der Waals surface area contributed by atoms with E-state index in [0.29, 0.717) is 11.6 Å². The van der Waals surface area contributed by atoms with Crippen LogP contribution in [0.4, 0.5) is 26.3 Å². The number of benzene rings is 2. The summed E-state index contributed by atoms with van der Waals surface area (Å²) >= 11 is 0. The second-order valence-corrected chi connectivity index (χ2v) is 6.16. The summed E-state index contributed by atoms with van der Waals surface area (Å²) in [5, 5.41) is 9.10. The molecule has 29 heavy (non-hydrogen) atoms. The van der Waals surface area contributed by atoms with Crippen molar-refractivity contribution in [1.82, 2.24) is 0 Å². The minimum atomic E-state index is -5.04. The molecular formula is C19H12F6O4. The fourth-order valence-corrected chi connectivity index (χ4v) is 2.92. The molecule has 10 heteroatoms. The van der Waals surface area contributed by atoms with Crippen LogP contribution in [-0.4, -0.2) is 29.7 Å². The predicted octanol–water partition coefficient (Wildman–Crippen LogP) is 4.97. The van der Waals surface area contributed by atoms with Gasteiger partial charge in [0, 0.05) is 17.5 Å². The predicted molar refractivity (Wildman–Crippen MR) is 88.5 cm³/mol. The number of carboxylic acid groups (broad SMARTS) is 1. The number of carbonyl (C=O) groups is 1. The molecule has 2 aromatic rings. The molecule has 0 spiro atoms. The molecule has 0 aromatic heterocycles. The number of aliphatic carboxylic acids is 1. The third-order valence-corrected chi connectivity index (χ3v) is 4.01. The van der Waals surface area contributed by atoms with Crippen LogP contribution in [0.15, 0.2) is 48.0 Å². The molecule has 0 fully saturated rings. The first-order valence-corrected chi connectivity index (χ1v) is 8.09. The summed E-state index contributed by atoms with van der Waals surface area (Å²) in [6.45, 7) is 0. The topological polar surface area (TPSA) is 55.8 Å². The van der Waals surface area contributed by atoms with Crippen molar-refractivity contribution in [1.29, 1.82) is 0 Å². The average molecular weight is 418 g/mol. The molecule has 1 N–H and O–H groups in total. The monoisotopic (exact) mass is 418 g/mol. The van der Waals surface area contributed by atoms with Crippen LogP contribution in [0.5, 0.6) is 11.5 Å². The zero-order valence-corrected chi connectivity index (χ0v) is 14.3. The van der Waals surface area contributed by atoms with E-state index in [1.807, 2.05) is 0 Å². The summed E-state index contributed by atoms with van der Waals surface area (Å²) < 4.78 is 86.7. The third-order valence-electron chi connectivity index (χ3n) is 4.01. The number of alkyl halides is 6. The van der Waals surface area contributed by atoms with Crippen molar-refractivity contribution in [2.45, 2.75) is 25.1 Å². The van der Waals surface area contributed by atoms with Gasteiger partial charge in [0.05, 0.1) is 5.57 Å². The SMILES string of the molecule is O=C(O)C1=Cc2cc(OC(F)(F)F)cc(Cc3ccccc3)c2OC1C(F)(F)F. The van der Waals surface area contributed by atoms with Gasteiger partial charge >= 0.3 is 18.5 Å². The van der Waals surface area contributed by atoms with Crippen LogP contribution in [0.3, 0.4) is 0 Å². The number of ether oxygens (including phenoxy) is 2. The lowest BCUT2D eigenvalue weighted by atomic mass is 9.95. The van der Waals surface area contributed by atoms with Gasteiger partial charge in [-0.25, -0.2) is 4.79 Å². The van der Waals surface area contributed by atoms with Gasteiger partial charge < -0.3 is 14.6 Å². The van der Waals surface area contributed by atoms with Gasteiger partial charge in [0.15, 0.2) is 0 Å². The molecule has 0 saturated heterocycles. The standard InChI is InChI=1S/C19H12F6O4/c20-18(21,22)16-14(17(26)27)9-12-8-13(29-19(23,24)25)7-11(15(12)28-16)6-10-4-2-1-3-5-10/h1-5,7-9,16H,6H2,(H,26,27). The summed E-state index contributed by atoms with van der Waals surface area (Å²) in [7, 11) is 0. The molecule has 1 unspecified atom stereocenters. The van der Waals surface area contributed by atoms with E-state index in [-0.39, 0.29) is 23.3 Å². The zero-order chi connectivity index (χ0) is 21.4. The molecule has 0 saturated carbocycles. The molecule has 0 radical (unpaired) electrons. The first-order chi connectivity index (χ1) is 13.4. The highest BCUT2D eigenvalue weighted by molar-refractivity contribution is 5.95. The Balaban J connectivity index is 2.15. The number of hydrogen-bond donors (Lipinski definition) is 1. The van der Waals surface area contributed by atoms with E-state index in [1.165, 1.54) is 0 Å². The van der Waals surface area contributed by atoms with Crippen molar-refractivity contribution in [3.8, 4) is 11.5 Å². The summed E-state index contributed by atoms with van der Waals surface area (Å²) in [6, 6.07) is 9.97. The van der Waals surface area contributed by atoms with Gasteiger partial charge in [-0.2, -0.15) is 13.2 Å². The minimum absolute atomic E-state index is 0.0112. The number of fused-ring (bicyclic) bond motifs is 1. The summed E-state index contributed by atoms with van der Waals surface area (Å²) in [4.78, 5) is 11.3. The Morgan fingerprint density at radius 2 is 1.72 bits per heavy atom. The summed E-state index contributed by atoms with van der Waals surface area (Å²) in [6.07, 6.45) is -12.2. The molecule has 1 aliphatic heterocycles. The van der Waals surface area contributed by atoms with E-state index >= 15 is 0 Å². The van der Waals surface area contributed by atoms with Crippen LogP contribution in [-0.2, 0) is 11.2 Å². The van der Waals surface area contributed by atoms with Crippen molar-refractivity contribution < 1.29 is 45.7 Å². The van der Waals surface area contributed by atoms with Gasteiger partial charge in [0.2, 0.25) is 6.10 Å².